The van der Waals surface area contributed by atoms with E-state index in [9.17, 15) is 0 Å². The van der Waals surface area contributed by atoms with Crippen molar-refractivity contribution in [1.82, 2.24) is 0 Å². The Morgan fingerprint density at radius 1 is 0.455 bits per heavy atom. The molecule has 0 radical (unpaired) electrons. The van der Waals surface area contributed by atoms with E-state index in [1.54, 1.807) is 0 Å². The maximum Gasteiger partial charge on any atom is -0.171 e. The van der Waals surface area contributed by atoms with Crippen molar-refractivity contribution in [3.63, 3.8) is 0 Å². The summed E-state index contributed by atoms with van der Waals surface area (Å²) in [6.07, 6.45) is 0. The van der Waals surface area contributed by atoms with Gasteiger partial charge in [0.1, 0.15) is 0 Å². The summed E-state index contributed by atoms with van der Waals surface area (Å²) in [6, 6.07) is 37.5. The first-order valence-corrected chi connectivity index (χ1v) is 10.5. The maximum absolute atomic E-state index is 4.85. The fourth-order valence-electron chi connectivity index (χ4n) is 1.03. The number of rotatable bonds is 0. The van der Waals surface area contributed by atoms with Crippen LogP contribution in [0.15, 0.2) is 91.0 Å². The number of hydrogen-bond donors (Lipinski definition) is 0. The standard InChI is InChI=1S/3C6H5.2ClH.H3P.Ru/c3*1-2-4-6-5-3-1;;;;/h3*1-5H;2*1H;1H3;/q3*-1;;;;+2/p-2. The van der Waals surface area contributed by atoms with Gasteiger partial charge in [0, 0.05) is 0 Å². The van der Waals surface area contributed by atoms with Gasteiger partial charge in [-0.3, -0.25) is 0 Å². The van der Waals surface area contributed by atoms with Gasteiger partial charge in [0.15, 0.2) is 0 Å². The molecule has 3 aromatic rings. The van der Waals surface area contributed by atoms with Crippen LogP contribution in [0.25, 0.3) is 0 Å². The number of halogens is 2. The third-order valence-electron chi connectivity index (χ3n) is 1.82. The van der Waals surface area contributed by atoms with Crippen molar-refractivity contribution in [2.24, 2.45) is 0 Å². The molecular formula is C18H18Cl2PRu-3. The molecule has 0 saturated carbocycles. The van der Waals surface area contributed by atoms with Gasteiger partial charge in [-0.05, 0) is 0 Å². The predicted molar refractivity (Wildman–Crippen MR) is 98.6 cm³/mol. The molecule has 0 saturated heterocycles. The molecule has 1 atom stereocenters. The van der Waals surface area contributed by atoms with Gasteiger partial charge in [-0.1, -0.05) is 0 Å². The minimum atomic E-state index is -0.346. The Hall–Kier alpha value is -0.707. The van der Waals surface area contributed by atoms with Crippen molar-refractivity contribution in [2.75, 3.05) is 0 Å². The van der Waals surface area contributed by atoms with E-state index >= 15 is 0 Å². The maximum atomic E-state index is 4.85. The zero-order valence-corrected chi connectivity index (χ0v) is 16.6. The molecule has 0 heterocycles. The summed E-state index contributed by atoms with van der Waals surface area (Å²) in [5.41, 5.74) is 0. The van der Waals surface area contributed by atoms with Crippen LogP contribution in [-0.2, 0) is 15.1 Å². The Bertz CT molecular complexity index is 326. The summed E-state index contributed by atoms with van der Waals surface area (Å²) in [6.45, 7) is 0. The zero-order valence-electron chi connectivity index (χ0n) is 12.0. The Morgan fingerprint density at radius 2 is 0.636 bits per heavy atom. The summed E-state index contributed by atoms with van der Waals surface area (Å²) in [5, 5.41) is 0. The molecule has 0 aliphatic heterocycles. The van der Waals surface area contributed by atoms with Gasteiger partial charge in [0.2, 0.25) is 0 Å². The fraction of sp³-hybridized carbons (Fsp3) is 0. The van der Waals surface area contributed by atoms with Crippen LogP contribution >= 0.6 is 29.3 Å². The number of hydrogen-bond acceptors (Lipinski definition) is 0. The normalized spacial score (nSPS) is 7.55. The molecule has 22 heavy (non-hydrogen) atoms. The molecule has 0 fully saturated rings. The minimum Gasteiger partial charge on any atom is -0.184 e. The molecule has 0 aromatic heterocycles. The van der Waals surface area contributed by atoms with Gasteiger partial charge in [0.25, 0.3) is 0 Å². The van der Waals surface area contributed by atoms with Crippen LogP contribution in [0, 0.1) is 18.2 Å². The second-order valence-electron chi connectivity index (χ2n) is 3.28. The topological polar surface area (TPSA) is 0 Å². The minimum absolute atomic E-state index is 0. The summed E-state index contributed by atoms with van der Waals surface area (Å²) in [5.74, 6) is 0. The van der Waals surface area contributed by atoms with Crippen LogP contribution in [-0.4, -0.2) is 0 Å². The van der Waals surface area contributed by atoms with E-state index in [0.29, 0.717) is 0 Å². The van der Waals surface area contributed by atoms with Gasteiger partial charge in [-0.25, -0.2) is 0 Å². The summed E-state index contributed by atoms with van der Waals surface area (Å²) in [7, 11) is 9.71. The van der Waals surface area contributed by atoms with Crippen LogP contribution in [0.5, 0.6) is 0 Å². The molecule has 0 amide bonds. The molecule has 1 unspecified atom stereocenters. The molecule has 120 valence electrons. The SMILES string of the molecule is P.[Cl][Ru][Cl].[c-]1ccccc1.[c-]1ccccc1.[c-]1ccccc1. The first-order chi connectivity index (χ1) is 10.4. The molecule has 0 aliphatic carbocycles. The second kappa shape index (κ2) is 22.6. The van der Waals surface area contributed by atoms with Crippen LogP contribution in [0.2, 0.25) is 0 Å². The van der Waals surface area contributed by atoms with Crippen LogP contribution in [0.3, 0.4) is 0 Å². The Morgan fingerprint density at radius 3 is 0.682 bits per heavy atom. The average molecular weight is 437 g/mol. The molecule has 0 aliphatic rings. The summed E-state index contributed by atoms with van der Waals surface area (Å²) in [4.78, 5) is 0. The van der Waals surface area contributed by atoms with Gasteiger partial charge < -0.3 is 0 Å². The molecule has 0 bridgehead atoms. The van der Waals surface area contributed by atoms with Gasteiger partial charge in [-0.15, -0.1) is 0 Å². The van der Waals surface area contributed by atoms with E-state index in [0.717, 1.165) is 0 Å². The molecular weight excluding hydrogens is 419 g/mol. The van der Waals surface area contributed by atoms with Crippen molar-refractivity contribution in [3.05, 3.63) is 109 Å². The summed E-state index contributed by atoms with van der Waals surface area (Å²) < 4.78 is 0. The van der Waals surface area contributed by atoms with Crippen LogP contribution in [0.4, 0.5) is 0 Å². The van der Waals surface area contributed by atoms with Crippen LogP contribution in [0.1, 0.15) is 0 Å². The second-order valence-corrected chi connectivity index (χ2v) is 5.92. The van der Waals surface area contributed by atoms with Crippen molar-refractivity contribution < 1.29 is 15.1 Å². The third-order valence-corrected chi connectivity index (χ3v) is 1.82. The predicted octanol–water partition coefficient (Wildman–Crippen LogP) is 5.89. The Labute approximate surface area is 153 Å². The van der Waals surface area contributed by atoms with E-state index in [-0.39, 0.29) is 25.0 Å². The van der Waals surface area contributed by atoms with E-state index < -0.39 is 0 Å². The molecule has 3 rings (SSSR count). The van der Waals surface area contributed by atoms with Gasteiger partial charge in [-0.2, -0.15) is 119 Å². The first kappa shape index (κ1) is 23.6. The molecule has 0 N–H and O–H groups in total. The van der Waals surface area contributed by atoms with E-state index in [4.69, 9.17) is 19.4 Å². The third kappa shape index (κ3) is 21.6. The summed E-state index contributed by atoms with van der Waals surface area (Å²) >= 11 is -0.346. The molecule has 0 spiro atoms. The molecule has 0 nitrogen and oxygen atoms in total. The fourth-order valence-corrected chi connectivity index (χ4v) is 1.03. The quantitative estimate of drug-likeness (QED) is 0.234. The van der Waals surface area contributed by atoms with Crippen molar-refractivity contribution >= 4 is 29.3 Å². The van der Waals surface area contributed by atoms with Crippen molar-refractivity contribution in [1.29, 1.82) is 0 Å². The largest absolute Gasteiger partial charge is 0.184 e. The van der Waals surface area contributed by atoms with Crippen LogP contribution < -0.4 is 0 Å². The Balaban J connectivity index is 0. The van der Waals surface area contributed by atoms with Gasteiger partial charge in [0.05, 0.1) is 0 Å². The molecule has 4 heteroatoms. The average Bonchev–Trinajstić information content (AvgIpc) is 2.61. The van der Waals surface area contributed by atoms with Crippen molar-refractivity contribution in [2.45, 2.75) is 0 Å². The molecule has 3 aromatic carbocycles. The Kier molecular flexibility index (Phi) is 24.2. The van der Waals surface area contributed by atoms with Crippen molar-refractivity contribution in [3.8, 4) is 0 Å². The van der Waals surface area contributed by atoms with Gasteiger partial charge >= 0.3 is 34.5 Å². The van der Waals surface area contributed by atoms with E-state index in [1.807, 2.05) is 91.0 Å². The first-order valence-electron chi connectivity index (χ1n) is 6.00. The smallest absolute Gasteiger partial charge is 0.171 e. The number of benzene rings is 3. The zero-order chi connectivity index (χ0) is 15.4. The monoisotopic (exact) mass is 437 g/mol. The van der Waals surface area contributed by atoms with E-state index in [2.05, 4.69) is 18.2 Å². The van der Waals surface area contributed by atoms with E-state index in [1.165, 1.54) is 0 Å².